The molecule has 0 saturated carbocycles. The zero-order valence-corrected chi connectivity index (χ0v) is 11.0. The molecule has 0 spiro atoms. The number of benzene rings is 1. The molecule has 1 rings (SSSR count). The molecule has 6 nitrogen and oxygen atoms in total. The topological polar surface area (TPSA) is 87.7 Å². The van der Waals surface area contributed by atoms with Crippen LogP contribution in [0.1, 0.15) is 18.9 Å². The zero-order valence-electron chi connectivity index (χ0n) is 11.0. The molecule has 0 fully saturated rings. The Kier molecular flexibility index (Phi) is 5.66. The molecule has 0 radical (unpaired) electrons. The highest BCUT2D eigenvalue weighted by Crippen LogP contribution is 2.25. The summed E-state index contributed by atoms with van der Waals surface area (Å²) in [5.41, 5.74) is 1.58. The van der Waals surface area contributed by atoms with E-state index in [1.54, 1.807) is 6.07 Å². The van der Waals surface area contributed by atoms with E-state index in [4.69, 9.17) is 9.84 Å². The molecule has 0 aliphatic heterocycles. The number of urea groups is 1. The van der Waals surface area contributed by atoms with Gasteiger partial charge in [-0.15, -0.1) is 0 Å². The number of nitrogens with one attached hydrogen (secondary N) is 2. The summed E-state index contributed by atoms with van der Waals surface area (Å²) in [6.07, 6.45) is -0.111. The van der Waals surface area contributed by atoms with Gasteiger partial charge >= 0.3 is 12.0 Å². The van der Waals surface area contributed by atoms with Crippen LogP contribution in [0.25, 0.3) is 0 Å². The van der Waals surface area contributed by atoms with Gasteiger partial charge in [0.15, 0.2) is 0 Å². The van der Waals surface area contributed by atoms with Crippen LogP contribution < -0.4 is 15.4 Å². The van der Waals surface area contributed by atoms with Gasteiger partial charge in [-0.25, -0.2) is 4.79 Å². The van der Waals surface area contributed by atoms with Crippen molar-refractivity contribution in [2.75, 3.05) is 18.5 Å². The first-order chi connectivity index (χ1) is 9.02. The summed E-state index contributed by atoms with van der Waals surface area (Å²) < 4.78 is 5.42. The minimum atomic E-state index is -0.953. The van der Waals surface area contributed by atoms with E-state index < -0.39 is 12.0 Å². The van der Waals surface area contributed by atoms with Gasteiger partial charge in [0.05, 0.1) is 18.7 Å². The van der Waals surface area contributed by atoms with E-state index in [1.807, 2.05) is 26.0 Å². The number of aryl methyl sites for hydroxylation is 1. The molecule has 3 N–H and O–H groups in total. The third-order valence-electron chi connectivity index (χ3n) is 2.31. The molecule has 1 aromatic rings. The van der Waals surface area contributed by atoms with Crippen LogP contribution in [0.2, 0.25) is 0 Å². The van der Waals surface area contributed by atoms with Crippen LogP contribution in [0.5, 0.6) is 5.75 Å². The van der Waals surface area contributed by atoms with Gasteiger partial charge in [0.1, 0.15) is 5.75 Å². The van der Waals surface area contributed by atoms with Gasteiger partial charge in [-0.3, -0.25) is 4.79 Å². The van der Waals surface area contributed by atoms with Gasteiger partial charge in [-0.1, -0.05) is 6.07 Å². The molecule has 0 aromatic heterocycles. The van der Waals surface area contributed by atoms with Crippen molar-refractivity contribution in [1.82, 2.24) is 5.32 Å². The Morgan fingerprint density at radius 2 is 2.11 bits per heavy atom. The number of amides is 2. The molecule has 0 bridgehead atoms. The van der Waals surface area contributed by atoms with Gasteiger partial charge < -0.3 is 20.5 Å². The SMILES string of the molecule is CCOc1cc(C)ccc1NC(=O)NCCC(=O)O. The fourth-order valence-electron chi connectivity index (χ4n) is 1.46. The summed E-state index contributed by atoms with van der Waals surface area (Å²) in [7, 11) is 0. The second-order valence-electron chi connectivity index (χ2n) is 3.96. The molecule has 0 saturated heterocycles. The summed E-state index contributed by atoms with van der Waals surface area (Å²) in [6.45, 7) is 4.37. The maximum absolute atomic E-state index is 11.6. The van der Waals surface area contributed by atoms with Gasteiger partial charge in [-0.2, -0.15) is 0 Å². The van der Waals surface area contributed by atoms with Crippen molar-refractivity contribution in [2.45, 2.75) is 20.3 Å². The normalized spacial score (nSPS) is 9.79. The third-order valence-corrected chi connectivity index (χ3v) is 2.31. The van der Waals surface area contributed by atoms with Crippen LogP contribution in [-0.2, 0) is 4.79 Å². The summed E-state index contributed by atoms with van der Waals surface area (Å²) in [4.78, 5) is 21.9. The quantitative estimate of drug-likeness (QED) is 0.734. The van der Waals surface area contributed by atoms with Crippen LogP contribution in [0, 0.1) is 6.92 Å². The van der Waals surface area contributed by atoms with Crippen molar-refractivity contribution in [3.05, 3.63) is 23.8 Å². The number of hydrogen-bond acceptors (Lipinski definition) is 3. The number of anilines is 1. The molecule has 2 amide bonds. The smallest absolute Gasteiger partial charge is 0.319 e. The van der Waals surface area contributed by atoms with E-state index in [9.17, 15) is 9.59 Å². The molecular weight excluding hydrogens is 248 g/mol. The highest BCUT2D eigenvalue weighted by Gasteiger charge is 2.08. The lowest BCUT2D eigenvalue weighted by Crippen LogP contribution is -2.30. The second-order valence-corrected chi connectivity index (χ2v) is 3.96. The standard InChI is InChI=1S/C13H18N2O4/c1-3-19-11-8-9(2)4-5-10(11)15-13(18)14-7-6-12(16)17/h4-5,8H,3,6-7H2,1-2H3,(H,16,17)(H2,14,15,18). The van der Waals surface area contributed by atoms with E-state index in [2.05, 4.69) is 10.6 Å². The third kappa shape index (κ3) is 5.29. The molecular formula is C13H18N2O4. The van der Waals surface area contributed by atoms with Crippen LogP contribution in [0.3, 0.4) is 0 Å². The lowest BCUT2D eigenvalue weighted by atomic mass is 10.2. The van der Waals surface area contributed by atoms with E-state index in [0.29, 0.717) is 18.0 Å². The monoisotopic (exact) mass is 266 g/mol. The number of hydrogen-bond donors (Lipinski definition) is 3. The number of carboxylic acids is 1. The maximum Gasteiger partial charge on any atom is 0.319 e. The number of carboxylic acid groups (broad SMARTS) is 1. The van der Waals surface area contributed by atoms with E-state index in [0.717, 1.165) is 5.56 Å². The van der Waals surface area contributed by atoms with Gasteiger partial charge in [-0.05, 0) is 31.5 Å². The highest BCUT2D eigenvalue weighted by atomic mass is 16.5. The summed E-state index contributed by atoms with van der Waals surface area (Å²) in [5.74, 6) is -0.360. The largest absolute Gasteiger partial charge is 0.492 e. The van der Waals surface area contributed by atoms with Crippen LogP contribution in [0.15, 0.2) is 18.2 Å². The number of carbonyl (C=O) groups excluding carboxylic acids is 1. The Hall–Kier alpha value is -2.24. The number of ether oxygens (including phenoxy) is 1. The predicted molar refractivity (Wildman–Crippen MR) is 71.6 cm³/mol. The molecule has 104 valence electrons. The summed E-state index contributed by atoms with van der Waals surface area (Å²) in [5, 5.41) is 13.6. The first-order valence-electron chi connectivity index (χ1n) is 6.03. The first kappa shape index (κ1) is 14.8. The molecule has 0 aliphatic carbocycles. The van der Waals surface area contributed by atoms with Gasteiger partial charge in [0, 0.05) is 6.54 Å². The number of carbonyl (C=O) groups is 2. The zero-order chi connectivity index (χ0) is 14.3. The molecule has 0 atom stereocenters. The Balaban J connectivity index is 2.60. The van der Waals surface area contributed by atoms with E-state index >= 15 is 0 Å². The Morgan fingerprint density at radius 1 is 1.37 bits per heavy atom. The van der Waals surface area contributed by atoms with E-state index in [1.165, 1.54) is 0 Å². The van der Waals surface area contributed by atoms with Crippen molar-refractivity contribution >= 4 is 17.7 Å². The molecule has 19 heavy (non-hydrogen) atoms. The summed E-state index contributed by atoms with van der Waals surface area (Å²) >= 11 is 0. The van der Waals surface area contributed by atoms with Gasteiger partial charge in [0.25, 0.3) is 0 Å². The average Bonchev–Trinajstić information content (AvgIpc) is 2.32. The van der Waals surface area contributed by atoms with Crippen molar-refractivity contribution in [2.24, 2.45) is 0 Å². The van der Waals surface area contributed by atoms with E-state index in [-0.39, 0.29) is 13.0 Å². The van der Waals surface area contributed by atoms with Crippen molar-refractivity contribution in [3.8, 4) is 5.75 Å². The lowest BCUT2D eigenvalue weighted by Gasteiger charge is -2.12. The van der Waals surface area contributed by atoms with Crippen LogP contribution >= 0.6 is 0 Å². The number of rotatable bonds is 6. The second kappa shape index (κ2) is 7.25. The fraction of sp³-hybridized carbons (Fsp3) is 0.385. The summed E-state index contributed by atoms with van der Waals surface area (Å²) in [6, 6.07) is 4.98. The first-order valence-corrected chi connectivity index (χ1v) is 6.03. The maximum atomic E-state index is 11.6. The molecule has 1 aromatic carbocycles. The Labute approximate surface area is 111 Å². The average molecular weight is 266 g/mol. The Bertz CT molecular complexity index is 460. The molecule has 0 unspecified atom stereocenters. The molecule has 0 aliphatic rings. The number of aliphatic carboxylic acids is 1. The minimum absolute atomic E-state index is 0.0804. The lowest BCUT2D eigenvalue weighted by molar-refractivity contribution is -0.136. The van der Waals surface area contributed by atoms with Crippen molar-refractivity contribution in [1.29, 1.82) is 0 Å². The fourth-order valence-corrected chi connectivity index (χ4v) is 1.46. The predicted octanol–water partition coefficient (Wildman–Crippen LogP) is 1.99. The molecule has 0 heterocycles. The van der Waals surface area contributed by atoms with Crippen molar-refractivity contribution < 1.29 is 19.4 Å². The molecule has 6 heteroatoms. The minimum Gasteiger partial charge on any atom is -0.492 e. The van der Waals surface area contributed by atoms with Crippen LogP contribution in [-0.4, -0.2) is 30.3 Å². The van der Waals surface area contributed by atoms with Gasteiger partial charge in [0.2, 0.25) is 0 Å². The Morgan fingerprint density at radius 3 is 2.74 bits per heavy atom. The van der Waals surface area contributed by atoms with Crippen LogP contribution in [0.4, 0.5) is 10.5 Å². The van der Waals surface area contributed by atoms with Crippen molar-refractivity contribution in [3.63, 3.8) is 0 Å². The highest BCUT2D eigenvalue weighted by molar-refractivity contribution is 5.91.